The molecule has 0 bridgehead atoms. The van der Waals surface area contributed by atoms with Crippen molar-refractivity contribution in [3.63, 3.8) is 0 Å². The largest absolute Gasteiger partial charge is 0.460 e. The lowest BCUT2D eigenvalue weighted by atomic mass is 9.99. The van der Waals surface area contributed by atoms with Crippen LogP contribution in [0.15, 0.2) is 54.6 Å². The van der Waals surface area contributed by atoms with E-state index in [1.165, 1.54) is 5.69 Å². The molecule has 2 aromatic rings. The number of likely N-dealkylation sites (tertiary alicyclic amines) is 1. The van der Waals surface area contributed by atoms with Crippen LogP contribution >= 0.6 is 11.6 Å². The molecule has 0 N–H and O–H groups in total. The van der Waals surface area contributed by atoms with E-state index in [1.807, 2.05) is 30.3 Å². The summed E-state index contributed by atoms with van der Waals surface area (Å²) >= 11 is 6.02. The molecule has 6 nitrogen and oxygen atoms in total. The van der Waals surface area contributed by atoms with Gasteiger partial charge in [-0.15, -0.1) is 0 Å². The van der Waals surface area contributed by atoms with Crippen LogP contribution in [0.25, 0.3) is 0 Å². The number of nitrogens with zero attached hydrogens (tertiary/aromatic N) is 3. The quantitative estimate of drug-likeness (QED) is 0.681. The van der Waals surface area contributed by atoms with Gasteiger partial charge < -0.3 is 14.5 Å². The molecule has 0 aromatic heterocycles. The summed E-state index contributed by atoms with van der Waals surface area (Å²) in [5.41, 5.74) is 2.13. The van der Waals surface area contributed by atoms with Gasteiger partial charge in [-0.2, -0.15) is 0 Å². The van der Waals surface area contributed by atoms with E-state index in [0.717, 1.165) is 38.2 Å². The molecule has 4 rings (SSSR count). The second-order valence-electron chi connectivity index (χ2n) is 7.42. The molecule has 0 spiro atoms. The molecule has 29 heavy (non-hydrogen) atoms. The van der Waals surface area contributed by atoms with Crippen molar-refractivity contribution in [1.82, 2.24) is 9.80 Å². The van der Waals surface area contributed by atoms with Crippen molar-refractivity contribution < 1.29 is 14.3 Å². The molecule has 2 fully saturated rings. The van der Waals surface area contributed by atoms with Gasteiger partial charge in [-0.3, -0.25) is 14.5 Å². The third-order valence-corrected chi connectivity index (χ3v) is 6.16. The van der Waals surface area contributed by atoms with Crippen LogP contribution in [0.4, 0.5) is 5.69 Å². The molecule has 2 heterocycles. The number of ether oxygens (including phenoxy) is 1. The number of amides is 1. The highest BCUT2D eigenvalue weighted by Gasteiger charge is 2.46. The van der Waals surface area contributed by atoms with E-state index in [1.54, 1.807) is 17.0 Å². The van der Waals surface area contributed by atoms with Gasteiger partial charge in [-0.25, -0.2) is 0 Å². The first-order chi connectivity index (χ1) is 14.2. The average molecular weight is 414 g/mol. The Hall–Kier alpha value is -2.57. The van der Waals surface area contributed by atoms with Crippen LogP contribution in [0.3, 0.4) is 0 Å². The van der Waals surface area contributed by atoms with Crippen LogP contribution in [0.5, 0.6) is 0 Å². The van der Waals surface area contributed by atoms with E-state index in [0.29, 0.717) is 18.0 Å². The maximum atomic E-state index is 11.8. The van der Waals surface area contributed by atoms with Crippen LogP contribution in [0.2, 0.25) is 5.02 Å². The normalized spacial score (nSPS) is 25.1. The van der Waals surface area contributed by atoms with Crippen molar-refractivity contribution in [3.8, 4) is 0 Å². The van der Waals surface area contributed by atoms with Gasteiger partial charge in [0, 0.05) is 43.4 Å². The molecular weight excluding hydrogens is 390 g/mol. The molecule has 2 aliphatic heterocycles. The molecule has 3 unspecified atom stereocenters. The monoisotopic (exact) mass is 413 g/mol. The molecule has 2 saturated heterocycles. The number of hydrogen-bond acceptors (Lipinski definition) is 5. The van der Waals surface area contributed by atoms with Crippen molar-refractivity contribution in [2.24, 2.45) is 0 Å². The standard InChI is InChI=1S/C22H24ClN3O3/c23-18-8-6-17(7-9-18)21-22(29-16-28)20(14-26(21)15-27)25-12-10-24(11-13-25)19-4-2-1-3-5-19/h1-9,15-16,20-22H,10-14H2. The number of anilines is 1. The van der Waals surface area contributed by atoms with Gasteiger partial charge in [-0.05, 0) is 29.8 Å². The highest BCUT2D eigenvalue weighted by molar-refractivity contribution is 6.30. The van der Waals surface area contributed by atoms with Gasteiger partial charge in [0.25, 0.3) is 6.47 Å². The first-order valence-electron chi connectivity index (χ1n) is 9.81. The van der Waals surface area contributed by atoms with Crippen molar-refractivity contribution >= 4 is 30.2 Å². The summed E-state index contributed by atoms with van der Waals surface area (Å²) in [6, 6.07) is 17.4. The lowest BCUT2D eigenvalue weighted by Crippen LogP contribution is -2.54. The van der Waals surface area contributed by atoms with Gasteiger partial charge in [0.1, 0.15) is 6.10 Å². The Morgan fingerprint density at radius 2 is 1.62 bits per heavy atom. The van der Waals surface area contributed by atoms with Gasteiger partial charge in [0.15, 0.2) is 0 Å². The summed E-state index contributed by atoms with van der Waals surface area (Å²) in [7, 11) is 0. The van der Waals surface area contributed by atoms with Gasteiger partial charge in [0.2, 0.25) is 6.41 Å². The first-order valence-corrected chi connectivity index (χ1v) is 10.2. The lowest BCUT2D eigenvalue weighted by Gasteiger charge is -2.40. The van der Waals surface area contributed by atoms with Crippen LogP contribution in [0, 0.1) is 0 Å². The van der Waals surface area contributed by atoms with Crippen molar-refractivity contribution in [3.05, 3.63) is 65.2 Å². The number of rotatable bonds is 6. The molecule has 2 aliphatic rings. The fraction of sp³-hybridized carbons (Fsp3) is 0.364. The number of benzene rings is 2. The smallest absolute Gasteiger partial charge is 0.293 e. The Morgan fingerprint density at radius 3 is 2.24 bits per heavy atom. The maximum Gasteiger partial charge on any atom is 0.293 e. The van der Waals surface area contributed by atoms with E-state index in [9.17, 15) is 9.59 Å². The predicted molar refractivity (Wildman–Crippen MR) is 112 cm³/mol. The number of carbonyl (C=O) groups excluding carboxylic acids is 2. The Kier molecular flexibility index (Phi) is 6.02. The fourth-order valence-corrected chi connectivity index (χ4v) is 4.61. The molecule has 3 atom stereocenters. The van der Waals surface area contributed by atoms with Crippen molar-refractivity contribution in [1.29, 1.82) is 0 Å². The number of carbonyl (C=O) groups is 2. The molecule has 1 amide bonds. The van der Waals surface area contributed by atoms with E-state index >= 15 is 0 Å². The van der Waals surface area contributed by atoms with Crippen LogP contribution in [0.1, 0.15) is 11.6 Å². The zero-order chi connectivity index (χ0) is 20.2. The van der Waals surface area contributed by atoms with Crippen molar-refractivity contribution in [2.75, 3.05) is 37.6 Å². The average Bonchev–Trinajstić information content (AvgIpc) is 3.14. The summed E-state index contributed by atoms with van der Waals surface area (Å²) < 4.78 is 5.54. The Morgan fingerprint density at radius 1 is 0.931 bits per heavy atom. The van der Waals surface area contributed by atoms with Crippen molar-refractivity contribution in [2.45, 2.75) is 18.2 Å². The first kappa shape index (κ1) is 19.7. The molecule has 152 valence electrons. The Bertz CT molecular complexity index is 825. The second-order valence-corrected chi connectivity index (χ2v) is 7.86. The van der Waals surface area contributed by atoms with Gasteiger partial charge in [-0.1, -0.05) is 41.9 Å². The highest BCUT2D eigenvalue weighted by atomic mass is 35.5. The summed E-state index contributed by atoms with van der Waals surface area (Å²) in [4.78, 5) is 29.5. The molecule has 7 heteroatoms. The van der Waals surface area contributed by atoms with Crippen LogP contribution < -0.4 is 4.90 Å². The van der Waals surface area contributed by atoms with Crippen LogP contribution in [-0.4, -0.2) is 67.6 Å². The lowest BCUT2D eigenvalue weighted by molar-refractivity contribution is -0.138. The molecule has 0 saturated carbocycles. The summed E-state index contributed by atoms with van der Waals surface area (Å²) in [6.07, 6.45) is 0.433. The predicted octanol–water partition coefficient (Wildman–Crippen LogP) is 2.59. The molecular formula is C22H24ClN3O3. The minimum atomic E-state index is -0.415. The van der Waals surface area contributed by atoms with Crippen LogP contribution in [-0.2, 0) is 14.3 Å². The summed E-state index contributed by atoms with van der Waals surface area (Å²) in [5.74, 6) is 0. The number of halogens is 1. The Labute approximate surface area is 175 Å². The molecule has 0 aliphatic carbocycles. The minimum Gasteiger partial charge on any atom is -0.460 e. The van der Waals surface area contributed by atoms with E-state index in [2.05, 4.69) is 21.9 Å². The molecule has 2 aromatic carbocycles. The number of hydrogen-bond donors (Lipinski definition) is 0. The van der Waals surface area contributed by atoms with E-state index in [4.69, 9.17) is 16.3 Å². The third kappa shape index (κ3) is 4.09. The second kappa shape index (κ2) is 8.84. The van der Waals surface area contributed by atoms with E-state index < -0.39 is 6.10 Å². The third-order valence-electron chi connectivity index (χ3n) is 5.91. The summed E-state index contributed by atoms with van der Waals surface area (Å²) in [5, 5.41) is 0.630. The maximum absolute atomic E-state index is 11.8. The zero-order valence-corrected chi connectivity index (χ0v) is 16.8. The molecule has 0 radical (unpaired) electrons. The summed E-state index contributed by atoms with van der Waals surface area (Å²) in [6.45, 7) is 4.49. The Balaban J connectivity index is 1.51. The van der Waals surface area contributed by atoms with Gasteiger partial charge in [0.05, 0.1) is 12.1 Å². The SMILES string of the molecule is O=COC1C(c2ccc(Cl)cc2)N(C=O)CC1N1CCN(c2ccccc2)CC1. The van der Waals surface area contributed by atoms with Gasteiger partial charge >= 0.3 is 0 Å². The zero-order valence-electron chi connectivity index (χ0n) is 16.1. The minimum absolute atomic E-state index is 0.0380. The fourth-order valence-electron chi connectivity index (χ4n) is 4.49. The van der Waals surface area contributed by atoms with E-state index in [-0.39, 0.29) is 12.1 Å². The number of piperazine rings is 1. The highest BCUT2D eigenvalue weighted by Crippen LogP contribution is 2.36. The number of para-hydroxylation sites is 1. The topological polar surface area (TPSA) is 53.1 Å².